The van der Waals surface area contributed by atoms with Gasteiger partial charge < -0.3 is 10.6 Å². The standard InChI is InChI=1S/C20H18F2N4O4/c1-3-25-11(2)17(19(27)23-13-6-9-15(21)16(22)10-13)18(24-20(25)28)12-4-7-14(8-5-12)26(29)30/h4-10,18H,3H2,1-2H3,(H,23,27)(H,24,28)/t18-/m0/s1. The molecule has 0 spiro atoms. The van der Waals surface area contributed by atoms with Crippen LogP contribution in [0.25, 0.3) is 0 Å². The minimum atomic E-state index is -1.11. The summed E-state index contributed by atoms with van der Waals surface area (Å²) >= 11 is 0. The van der Waals surface area contributed by atoms with Gasteiger partial charge in [0.05, 0.1) is 16.5 Å². The third-order valence-corrected chi connectivity index (χ3v) is 4.77. The molecular weight excluding hydrogens is 398 g/mol. The van der Waals surface area contributed by atoms with E-state index in [4.69, 9.17) is 0 Å². The second-order valence-corrected chi connectivity index (χ2v) is 6.56. The monoisotopic (exact) mass is 416 g/mol. The molecule has 3 rings (SSSR count). The van der Waals surface area contributed by atoms with Crippen molar-refractivity contribution in [3.8, 4) is 0 Å². The molecule has 10 heteroatoms. The van der Waals surface area contributed by atoms with E-state index in [9.17, 15) is 28.5 Å². The Hall–Kier alpha value is -3.82. The van der Waals surface area contributed by atoms with Gasteiger partial charge in [0.1, 0.15) is 0 Å². The maximum absolute atomic E-state index is 13.5. The molecule has 156 valence electrons. The number of urea groups is 1. The maximum Gasteiger partial charge on any atom is 0.322 e. The molecule has 0 unspecified atom stereocenters. The number of nitro groups is 1. The van der Waals surface area contributed by atoms with E-state index < -0.39 is 34.5 Å². The molecule has 0 aromatic heterocycles. The number of allylic oxidation sites excluding steroid dienone is 1. The van der Waals surface area contributed by atoms with Gasteiger partial charge >= 0.3 is 6.03 Å². The lowest BCUT2D eigenvalue weighted by molar-refractivity contribution is -0.384. The number of rotatable bonds is 5. The van der Waals surface area contributed by atoms with Gasteiger partial charge in [0.2, 0.25) is 0 Å². The van der Waals surface area contributed by atoms with E-state index in [0.717, 1.165) is 12.1 Å². The quantitative estimate of drug-likeness (QED) is 0.570. The molecule has 2 aromatic carbocycles. The smallest absolute Gasteiger partial charge is 0.322 e. The van der Waals surface area contributed by atoms with Crippen molar-refractivity contribution in [1.29, 1.82) is 0 Å². The zero-order chi connectivity index (χ0) is 22.0. The normalized spacial score (nSPS) is 16.3. The summed E-state index contributed by atoms with van der Waals surface area (Å²) in [5.41, 5.74) is 0.922. The van der Waals surface area contributed by atoms with Crippen LogP contribution in [0.15, 0.2) is 53.7 Å². The molecule has 3 amide bonds. The average Bonchev–Trinajstić information content (AvgIpc) is 2.70. The number of hydrogen-bond donors (Lipinski definition) is 2. The minimum absolute atomic E-state index is 0.0431. The Balaban J connectivity index is 2.01. The molecule has 0 saturated carbocycles. The predicted molar refractivity (Wildman–Crippen MR) is 104 cm³/mol. The number of benzene rings is 2. The lowest BCUT2D eigenvalue weighted by Gasteiger charge is -2.35. The Morgan fingerprint density at radius 1 is 1.20 bits per heavy atom. The molecule has 0 saturated heterocycles. The van der Waals surface area contributed by atoms with Crippen molar-refractivity contribution < 1.29 is 23.3 Å². The van der Waals surface area contributed by atoms with E-state index in [1.54, 1.807) is 13.8 Å². The first-order valence-corrected chi connectivity index (χ1v) is 9.02. The molecule has 1 aliphatic rings. The molecule has 8 nitrogen and oxygen atoms in total. The number of nitrogens with one attached hydrogen (secondary N) is 2. The zero-order valence-electron chi connectivity index (χ0n) is 16.1. The highest BCUT2D eigenvalue weighted by Crippen LogP contribution is 2.32. The number of carbonyl (C=O) groups is 2. The number of nitro benzene ring substituents is 1. The molecule has 2 aromatic rings. The van der Waals surface area contributed by atoms with Crippen molar-refractivity contribution in [1.82, 2.24) is 10.2 Å². The number of hydrogen-bond acceptors (Lipinski definition) is 4. The van der Waals surface area contributed by atoms with Gasteiger partial charge in [-0.05, 0) is 43.7 Å². The van der Waals surface area contributed by atoms with Crippen LogP contribution in [-0.2, 0) is 4.79 Å². The van der Waals surface area contributed by atoms with Crippen molar-refractivity contribution in [2.45, 2.75) is 19.9 Å². The number of amides is 3. The molecule has 0 radical (unpaired) electrons. The van der Waals surface area contributed by atoms with Crippen LogP contribution in [0.4, 0.5) is 25.0 Å². The molecule has 0 fully saturated rings. The molecule has 1 heterocycles. The van der Waals surface area contributed by atoms with E-state index in [1.165, 1.54) is 35.2 Å². The lowest BCUT2D eigenvalue weighted by Crippen LogP contribution is -2.48. The van der Waals surface area contributed by atoms with Gasteiger partial charge in [-0.2, -0.15) is 0 Å². The molecule has 0 aliphatic carbocycles. The van der Waals surface area contributed by atoms with Crippen molar-refractivity contribution in [2.24, 2.45) is 0 Å². The van der Waals surface area contributed by atoms with Crippen LogP contribution in [0.1, 0.15) is 25.5 Å². The van der Waals surface area contributed by atoms with Crippen LogP contribution < -0.4 is 10.6 Å². The van der Waals surface area contributed by atoms with Crippen molar-refractivity contribution >= 4 is 23.3 Å². The second kappa shape index (κ2) is 8.27. The van der Waals surface area contributed by atoms with Gasteiger partial charge in [-0.15, -0.1) is 0 Å². The van der Waals surface area contributed by atoms with Crippen LogP contribution in [0.3, 0.4) is 0 Å². The fourth-order valence-electron chi connectivity index (χ4n) is 3.27. The predicted octanol–water partition coefficient (Wildman–Crippen LogP) is 3.87. The van der Waals surface area contributed by atoms with E-state index >= 15 is 0 Å². The first-order valence-electron chi connectivity index (χ1n) is 9.02. The molecular formula is C20H18F2N4O4. The molecule has 1 atom stereocenters. The lowest BCUT2D eigenvalue weighted by atomic mass is 9.94. The fourth-order valence-corrected chi connectivity index (χ4v) is 3.27. The van der Waals surface area contributed by atoms with Crippen LogP contribution in [0.5, 0.6) is 0 Å². The summed E-state index contributed by atoms with van der Waals surface area (Å²) in [7, 11) is 0. The average molecular weight is 416 g/mol. The van der Waals surface area contributed by atoms with Gasteiger partial charge in [-0.1, -0.05) is 0 Å². The highest BCUT2D eigenvalue weighted by Gasteiger charge is 2.35. The number of carbonyl (C=O) groups excluding carboxylic acids is 2. The topological polar surface area (TPSA) is 105 Å². The Morgan fingerprint density at radius 2 is 1.87 bits per heavy atom. The van der Waals surface area contributed by atoms with E-state index in [-0.39, 0.29) is 16.9 Å². The Bertz CT molecular complexity index is 1050. The third kappa shape index (κ3) is 3.97. The molecule has 2 N–H and O–H groups in total. The summed E-state index contributed by atoms with van der Waals surface area (Å²) in [4.78, 5) is 37.2. The molecule has 0 bridgehead atoms. The van der Waals surface area contributed by atoms with Gasteiger partial charge in [0, 0.05) is 36.1 Å². The van der Waals surface area contributed by atoms with Gasteiger partial charge in [0.25, 0.3) is 11.6 Å². The van der Waals surface area contributed by atoms with Crippen LogP contribution in [0.2, 0.25) is 0 Å². The summed E-state index contributed by atoms with van der Waals surface area (Å²) in [6.07, 6.45) is 0. The number of anilines is 1. The maximum atomic E-state index is 13.5. The largest absolute Gasteiger partial charge is 0.326 e. The highest BCUT2D eigenvalue weighted by molar-refractivity contribution is 6.06. The molecule has 1 aliphatic heterocycles. The Labute approximate surface area is 170 Å². The summed E-state index contributed by atoms with van der Waals surface area (Å²) in [5, 5.41) is 16.1. The van der Waals surface area contributed by atoms with Crippen molar-refractivity contribution in [3.63, 3.8) is 0 Å². The number of halogens is 2. The van der Waals surface area contributed by atoms with Crippen molar-refractivity contribution in [2.75, 3.05) is 11.9 Å². The van der Waals surface area contributed by atoms with E-state index in [0.29, 0.717) is 17.8 Å². The van der Waals surface area contributed by atoms with Gasteiger partial charge in [0.15, 0.2) is 11.6 Å². The minimum Gasteiger partial charge on any atom is -0.326 e. The number of nitrogens with zero attached hydrogens (tertiary/aromatic N) is 2. The first kappa shape index (κ1) is 20.9. The summed E-state index contributed by atoms with van der Waals surface area (Å²) in [6.45, 7) is 3.63. The van der Waals surface area contributed by atoms with Crippen LogP contribution in [-0.4, -0.2) is 28.3 Å². The molecule has 30 heavy (non-hydrogen) atoms. The van der Waals surface area contributed by atoms with E-state index in [2.05, 4.69) is 10.6 Å². The van der Waals surface area contributed by atoms with E-state index in [1.807, 2.05) is 0 Å². The summed E-state index contributed by atoms with van der Waals surface area (Å²) < 4.78 is 26.7. The SMILES string of the molecule is CCN1C(=O)N[C@@H](c2ccc([N+](=O)[O-])cc2)C(C(=O)Nc2ccc(F)c(F)c2)=C1C. The van der Waals surface area contributed by atoms with Gasteiger partial charge in [-0.3, -0.25) is 19.8 Å². The zero-order valence-corrected chi connectivity index (χ0v) is 16.1. The Kier molecular flexibility index (Phi) is 5.77. The number of non-ortho nitro benzene ring substituents is 1. The van der Waals surface area contributed by atoms with Crippen molar-refractivity contribution in [3.05, 3.63) is 81.0 Å². The first-order chi connectivity index (χ1) is 14.2. The second-order valence-electron chi connectivity index (χ2n) is 6.56. The Morgan fingerprint density at radius 3 is 2.43 bits per heavy atom. The summed E-state index contributed by atoms with van der Waals surface area (Å²) in [5.74, 6) is -2.79. The van der Waals surface area contributed by atoms with Crippen LogP contribution in [0, 0.1) is 21.7 Å². The third-order valence-electron chi connectivity index (χ3n) is 4.77. The van der Waals surface area contributed by atoms with Gasteiger partial charge in [-0.25, -0.2) is 13.6 Å². The van der Waals surface area contributed by atoms with Crippen LogP contribution >= 0.6 is 0 Å². The fraction of sp³-hybridized carbons (Fsp3) is 0.200. The highest BCUT2D eigenvalue weighted by atomic mass is 19.2. The summed E-state index contributed by atoms with van der Waals surface area (Å²) in [6, 6.07) is 7.08.